The van der Waals surface area contributed by atoms with Crippen LogP contribution in [0.15, 0.2) is 54.6 Å². The number of hydrogen-bond donors (Lipinski definition) is 2. The lowest BCUT2D eigenvalue weighted by Crippen LogP contribution is -2.24. The van der Waals surface area contributed by atoms with Gasteiger partial charge in [-0.1, -0.05) is 18.2 Å². The number of carboxylic acids is 1. The molecule has 1 aliphatic carbocycles. The maximum absolute atomic E-state index is 13.0. The Labute approximate surface area is 215 Å². The van der Waals surface area contributed by atoms with Gasteiger partial charge in [-0.2, -0.15) is 0 Å². The zero-order chi connectivity index (χ0) is 26.1. The summed E-state index contributed by atoms with van der Waals surface area (Å²) in [6.07, 6.45) is -0.0396. The van der Waals surface area contributed by atoms with Crippen LogP contribution in [0.25, 0.3) is 0 Å². The van der Waals surface area contributed by atoms with E-state index in [9.17, 15) is 15.0 Å². The number of rotatable bonds is 9. The van der Waals surface area contributed by atoms with E-state index < -0.39 is 23.7 Å². The molecule has 0 bridgehead atoms. The van der Waals surface area contributed by atoms with Crippen molar-refractivity contribution in [1.82, 2.24) is 0 Å². The van der Waals surface area contributed by atoms with Gasteiger partial charge in [0, 0.05) is 23.5 Å². The van der Waals surface area contributed by atoms with E-state index in [-0.39, 0.29) is 26.1 Å². The van der Waals surface area contributed by atoms with E-state index >= 15 is 0 Å². The first-order chi connectivity index (χ1) is 17.9. The maximum Gasteiger partial charge on any atom is 0.308 e. The molecule has 5 rings (SSSR count). The molecule has 0 amide bonds. The van der Waals surface area contributed by atoms with Gasteiger partial charge in [0.1, 0.15) is 23.9 Å². The first-order valence-electron chi connectivity index (χ1n) is 12.3. The molecule has 3 aromatic carbocycles. The molecule has 0 saturated heterocycles. The minimum absolute atomic E-state index is 0.0396. The molecule has 0 spiro atoms. The third kappa shape index (κ3) is 4.64. The summed E-state index contributed by atoms with van der Waals surface area (Å²) in [6, 6.07) is 16.7. The van der Waals surface area contributed by atoms with Crippen molar-refractivity contribution in [2.24, 2.45) is 5.92 Å². The van der Waals surface area contributed by atoms with Gasteiger partial charge in [0.15, 0.2) is 11.5 Å². The average molecular weight is 507 g/mol. The number of hydrogen-bond acceptors (Lipinski definition) is 7. The van der Waals surface area contributed by atoms with E-state index in [4.69, 9.17) is 23.7 Å². The zero-order valence-electron chi connectivity index (χ0n) is 21.0. The Bertz CT molecular complexity index is 1300. The van der Waals surface area contributed by atoms with Crippen molar-refractivity contribution in [2.45, 2.75) is 31.8 Å². The molecular formula is C29H30O8. The molecule has 8 heteroatoms. The Morgan fingerprint density at radius 3 is 2.43 bits per heavy atom. The summed E-state index contributed by atoms with van der Waals surface area (Å²) < 4.78 is 28.3. The van der Waals surface area contributed by atoms with Crippen LogP contribution in [0.3, 0.4) is 0 Å². The molecule has 1 heterocycles. The van der Waals surface area contributed by atoms with Crippen LogP contribution in [0.1, 0.15) is 47.9 Å². The van der Waals surface area contributed by atoms with Crippen LogP contribution in [0.4, 0.5) is 0 Å². The van der Waals surface area contributed by atoms with Gasteiger partial charge in [0.2, 0.25) is 6.79 Å². The third-order valence-corrected chi connectivity index (χ3v) is 6.76. The van der Waals surface area contributed by atoms with E-state index in [1.807, 2.05) is 56.3 Å². The highest BCUT2D eigenvalue weighted by Gasteiger charge is 2.48. The summed E-state index contributed by atoms with van der Waals surface area (Å²) in [5.41, 5.74) is 3.28. The Balaban J connectivity index is 1.70. The average Bonchev–Trinajstić information content (AvgIpc) is 3.48. The largest absolute Gasteiger partial charge is 0.497 e. The Kier molecular flexibility index (Phi) is 6.84. The first-order valence-corrected chi connectivity index (χ1v) is 12.3. The molecule has 3 aromatic rings. The van der Waals surface area contributed by atoms with Crippen molar-refractivity contribution in [3.8, 4) is 28.7 Å². The smallest absolute Gasteiger partial charge is 0.308 e. The molecule has 3 atom stereocenters. The summed E-state index contributed by atoms with van der Waals surface area (Å²) in [7, 11) is 1.56. The minimum Gasteiger partial charge on any atom is -0.497 e. The standard InChI is InChI=1S/C29H30O8/c1-16(2)37-19-6-7-20-22(13-19)27(21-8-5-18(33-3)14-24(21)34-11-10-30)28(29(31)32)26(20)17-4-9-23-25(12-17)36-15-35-23/h4-9,12-14,16,26-28,30H,10-11,15H2,1-3H3,(H,31,32). The van der Waals surface area contributed by atoms with Crippen LogP contribution in [-0.2, 0) is 4.79 Å². The van der Waals surface area contributed by atoms with Gasteiger partial charge < -0.3 is 33.9 Å². The van der Waals surface area contributed by atoms with Crippen LogP contribution in [0.5, 0.6) is 28.7 Å². The molecular weight excluding hydrogens is 476 g/mol. The predicted octanol–water partition coefficient (Wildman–Crippen LogP) is 4.56. The highest BCUT2D eigenvalue weighted by Crippen LogP contribution is 2.56. The van der Waals surface area contributed by atoms with Crippen LogP contribution < -0.4 is 23.7 Å². The zero-order valence-corrected chi connectivity index (χ0v) is 21.0. The lowest BCUT2D eigenvalue weighted by Gasteiger charge is -2.25. The van der Waals surface area contributed by atoms with E-state index in [1.54, 1.807) is 19.2 Å². The number of ether oxygens (including phenoxy) is 5. The summed E-state index contributed by atoms with van der Waals surface area (Å²) in [6.45, 7) is 3.93. The second kappa shape index (κ2) is 10.2. The van der Waals surface area contributed by atoms with Crippen LogP contribution in [0, 0.1) is 5.92 Å². The highest BCUT2D eigenvalue weighted by molar-refractivity contribution is 5.78. The molecule has 2 N–H and O–H groups in total. The molecule has 0 radical (unpaired) electrons. The van der Waals surface area contributed by atoms with Crippen molar-refractivity contribution in [3.05, 3.63) is 76.9 Å². The molecule has 0 saturated carbocycles. The fourth-order valence-corrected chi connectivity index (χ4v) is 5.35. The van der Waals surface area contributed by atoms with Crippen LogP contribution in [-0.4, -0.2) is 49.4 Å². The number of aliphatic hydroxyl groups is 1. The van der Waals surface area contributed by atoms with Crippen LogP contribution in [0.2, 0.25) is 0 Å². The number of methoxy groups -OCH3 is 1. The molecule has 37 heavy (non-hydrogen) atoms. The van der Waals surface area contributed by atoms with Gasteiger partial charge >= 0.3 is 5.97 Å². The maximum atomic E-state index is 13.0. The predicted molar refractivity (Wildman–Crippen MR) is 135 cm³/mol. The van der Waals surface area contributed by atoms with Gasteiger partial charge in [0.05, 0.1) is 25.7 Å². The second-order valence-corrected chi connectivity index (χ2v) is 9.37. The number of carbonyl (C=O) groups is 1. The lowest BCUT2D eigenvalue weighted by molar-refractivity contribution is -0.142. The van der Waals surface area contributed by atoms with E-state index in [0.29, 0.717) is 34.3 Å². The number of aliphatic hydroxyl groups excluding tert-OH is 1. The molecule has 0 fully saturated rings. The van der Waals surface area contributed by atoms with Crippen molar-refractivity contribution in [3.63, 3.8) is 0 Å². The van der Waals surface area contributed by atoms with Gasteiger partial charge in [-0.25, -0.2) is 0 Å². The number of carboxylic acid groups (broad SMARTS) is 1. The van der Waals surface area contributed by atoms with Gasteiger partial charge in [-0.05, 0) is 60.9 Å². The Morgan fingerprint density at radius 2 is 1.70 bits per heavy atom. The van der Waals surface area contributed by atoms with Crippen LogP contribution >= 0.6 is 0 Å². The van der Waals surface area contributed by atoms with Gasteiger partial charge in [0.25, 0.3) is 0 Å². The third-order valence-electron chi connectivity index (χ3n) is 6.76. The molecule has 194 valence electrons. The molecule has 1 aliphatic heterocycles. The molecule has 2 aliphatic rings. The van der Waals surface area contributed by atoms with Gasteiger partial charge in [-0.3, -0.25) is 4.79 Å². The minimum atomic E-state index is -0.931. The second-order valence-electron chi connectivity index (χ2n) is 9.37. The van der Waals surface area contributed by atoms with E-state index in [2.05, 4.69) is 0 Å². The normalized spacial score (nSPS) is 19.5. The van der Waals surface area contributed by atoms with Crippen molar-refractivity contribution in [1.29, 1.82) is 0 Å². The Hall–Kier alpha value is -3.91. The van der Waals surface area contributed by atoms with E-state index in [0.717, 1.165) is 16.7 Å². The number of benzene rings is 3. The van der Waals surface area contributed by atoms with Crippen molar-refractivity contribution >= 4 is 5.97 Å². The molecule has 8 nitrogen and oxygen atoms in total. The summed E-state index contributed by atoms with van der Waals surface area (Å²) in [5, 5.41) is 20.0. The highest BCUT2D eigenvalue weighted by atomic mass is 16.7. The first kappa shape index (κ1) is 24.8. The van der Waals surface area contributed by atoms with Gasteiger partial charge in [-0.15, -0.1) is 0 Å². The number of aliphatic carboxylic acids is 1. The fraction of sp³-hybridized carbons (Fsp3) is 0.345. The fourth-order valence-electron chi connectivity index (χ4n) is 5.35. The van der Waals surface area contributed by atoms with E-state index in [1.165, 1.54) is 0 Å². The topological polar surface area (TPSA) is 104 Å². The summed E-state index contributed by atoms with van der Waals surface area (Å²) >= 11 is 0. The molecule has 0 aromatic heterocycles. The summed E-state index contributed by atoms with van der Waals surface area (Å²) in [5.74, 6) is 0.187. The molecule has 3 unspecified atom stereocenters. The summed E-state index contributed by atoms with van der Waals surface area (Å²) in [4.78, 5) is 13.0. The SMILES string of the molecule is COc1ccc(C2c3cc(OC(C)C)ccc3C(c3ccc4c(c3)OCO4)C2C(=O)O)c(OCCO)c1. The lowest BCUT2D eigenvalue weighted by atomic mass is 9.79. The monoisotopic (exact) mass is 506 g/mol. The Morgan fingerprint density at radius 1 is 0.946 bits per heavy atom. The number of fused-ring (bicyclic) bond motifs is 2. The quantitative estimate of drug-likeness (QED) is 0.435. The van der Waals surface area contributed by atoms with Crippen molar-refractivity contribution < 1.29 is 38.7 Å². The van der Waals surface area contributed by atoms with Crippen molar-refractivity contribution in [2.75, 3.05) is 27.1 Å².